The highest BCUT2D eigenvalue weighted by Gasteiger charge is 2.39. The summed E-state index contributed by atoms with van der Waals surface area (Å²) in [6.07, 6.45) is 1.81. The van der Waals surface area contributed by atoms with Gasteiger partial charge in [-0.3, -0.25) is 0 Å². The van der Waals surface area contributed by atoms with Crippen molar-refractivity contribution in [3.63, 3.8) is 0 Å². The lowest BCUT2D eigenvalue weighted by molar-refractivity contribution is 0.268. The first-order valence-corrected chi connectivity index (χ1v) is 10.8. The minimum atomic E-state index is -1.79. The third-order valence-electron chi connectivity index (χ3n) is 4.75. The van der Waals surface area contributed by atoms with E-state index in [0.29, 0.717) is 0 Å². The van der Waals surface area contributed by atoms with Gasteiger partial charge in [0.1, 0.15) is 5.75 Å². The number of aliphatic hydroxyl groups is 1. The van der Waals surface area contributed by atoms with Gasteiger partial charge in [-0.2, -0.15) is 0 Å². The van der Waals surface area contributed by atoms with Crippen LogP contribution in [0.2, 0.25) is 18.1 Å². The Morgan fingerprint density at radius 3 is 2.24 bits per heavy atom. The van der Waals surface area contributed by atoms with Crippen LogP contribution in [0.1, 0.15) is 53.0 Å². The Morgan fingerprint density at radius 2 is 1.71 bits per heavy atom. The van der Waals surface area contributed by atoms with E-state index in [1.54, 1.807) is 0 Å². The molecule has 0 unspecified atom stereocenters. The zero-order valence-corrected chi connectivity index (χ0v) is 15.8. The lowest BCUT2D eigenvalue weighted by Gasteiger charge is -2.37. The molecule has 0 spiro atoms. The third-order valence-corrected chi connectivity index (χ3v) is 9.11. The van der Waals surface area contributed by atoms with Crippen LogP contribution in [0.4, 0.5) is 0 Å². The summed E-state index contributed by atoms with van der Waals surface area (Å²) < 4.78 is 6.40. The Balaban J connectivity index is 2.96. The molecule has 0 saturated carbocycles. The summed E-state index contributed by atoms with van der Waals surface area (Å²) in [6, 6.07) is 8.48. The van der Waals surface area contributed by atoms with Crippen molar-refractivity contribution in [1.82, 2.24) is 0 Å². The van der Waals surface area contributed by atoms with Crippen LogP contribution in [0, 0.1) is 0 Å². The molecule has 1 rings (SSSR count). The molecule has 120 valence electrons. The normalized spacial score (nSPS) is 13.3. The van der Waals surface area contributed by atoms with Gasteiger partial charge in [-0.05, 0) is 54.1 Å². The molecule has 0 radical (unpaired) electrons. The number of hydrogen-bond acceptors (Lipinski definition) is 2. The van der Waals surface area contributed by atoms with E-state index in [1.807, 2.05) is 0 Å². The molecular formula is C18H32O2Si. The molecule has 0 aliphatic heterocycles. The van der Waals surface area contributed by atoms with E-state index in [9.17, 15) is 0 Å². The first-order valence-electron chi connectivity index (χ1n) is 7.90. The summed E-state index contributed by atoms with van der Waals surface area (Å²) >= 11 is 0. The van der Waals surface area contributed by atoms with Gasteiger partial charge >= 0.3 is 0 Å². The highest BCUT2D eigenvalue weighted by atomic mass is 28.4. The van der Waals surface area contributed by atoms with Crippen LogP contribution >= 0.6 is 0 Å². The Bertz CT molecular complexity index is 459. The lowest BCUT2D eigenvalue weighted by Crippen LogP contribution is -2.43. The van der Waals surface area contributed by atoms with E-state index in [1.165, 1.54) is 5.56 Å². The Hall–Kier alpha value is -0.803. The van der Waals surface area contributed by atoms with Crippen LogP contribution in [-0.2, 0) is 5.41 Å². The molecule has 3 heteroatoms. The van der Waals surface area contributed by atoms with Gasteiger partial charge in [0.15, 0.2) is 0 Å². The maximum atomic E-state index is 9.05. The van der Waals surface area contributed by atoms with Crippen molar-refractivity contribution in [3.05, 3.63) is 29.8 Å². The second kappa shape index (κ2) is 6.53. The van der Waals surface area contributed by atoms with Crippen LogP contribution in [0.3, 0.4) is 0 Å². The molecule has 0 fully saturated rings. The standard InChI is InChI=1S/C18H32O2Si/c1-17(2,3)21(6,7)20-16-11-8-10-15(14-16)18(4,5)12-9-13-19/h8,10-11,14,19H,9,12-13H2,1-7H3. The van der Waals surface area contributed by atoms with Crippen molar-refractivity contribution in [3.8, 4) is 5.75 Å². The summed E-state index contributed by atoms with van der Waals surface area (Å²) in [6.45, 7) is 16.0. The first kappa shape index (κ1) is 18.2. The summed E-state index contributed by atoms with van der Waals surface area (Å²) in [7, 11) is -1.79. The summed E-state index contributed by atoms with van der Waals surface area (Å²) in [4.78, 5) is 0. The van der Waals surface area contributed by atoms with Crippen molar-refractivity contribution >= 4 is 8.32 Å². The van der Waals surface area contributed by atoms with Crippen molar-refractivity contribution in [2.75, 3.05) is 6.61 Å². The zero-order chi connectivity index (χ0) is 16.3. The quantitative estimate of drug-likeness (QED) is 0.739. The van der Waals surface area contributed by atoms with Crippen molar-refractivity contribution < 1.29 is 9.53 Å². The van der Waals surface area contributed by atoms with Crippen LogP contribution in [-0.4, -0.2) is 20.0 Å². The van der Waals surface area contributed by atoms with E-state index in [-0.39, 0.29) is 17.1 Å². The van der Waals surface area contributed by atoms with E-state index in [4.69, 9.17) is 9.53 Å². The SMILES string of the molecule is CC(C)(CCCO)c1cccc(O[Si](C)(C)C(C)(C)C)c1. The summed E-state index contributed by atoms with van der Waals surface area (Å²) in [5, 5.41) is 9.26. The minimum Gasteiger partial charge on any atom is -0.543 e. The molecule has 0 atom stereocenters. The second-order valence-corrected chi connectivity index (χ2v) is 12.8. The van der Waals surface area contributed by atoms with E-state index in [2.05, 4.69) is 72.0 Å². The van der Waals surface area contributed by atoms with Crippen LogP contribution < -0.4 is 4.43 Å². The molecule has 0 aromatic heterocycles. The number of rotatable bonds is 6. The average molecular weight is 309 g/mol. The van der Waals surface area contributed by atoms with Crippen LogP contribution in [0.25, 0.3) is 0 Å². The van der Waals surface area contributed by atoms with Gasteiger partial charge in [-0.1, -0.05) is 46.8 Å². The van der Waals surface area contributed by atoms with E-state index < -0.39 is 8.32 Å². The van der Waals surface area contributed by atoms with Crippen molar-refractivity contribution in [1.29, 1.82) is 0 Å². The summed E-state index contributed by atoms with van der Waals surface area (Å²) in [5.41, 5.74) is 1.35. The maximum absolute atomic E-state index is 9.05. The van der Waals surface area contributed by atoms with Gasteiger partial charge in [0.05, 0.1) is 0 Å². The molecule has 1 aromatic carbocycles. The van der Waals surface area contributed by atoms with Crippen LogP contribution in [0.5, 0.6) is 5.75 Å². The first-order chi connectivity index (χ1) is 9.49. The Morgan fingerprint density at radius 1 is 1.10 bits per heavy atom. The highest BCUT2D eigenvalue weighted by Crippen LogP contribution is 2.38. The smallest absolute Gasteiger partial charge is 0.250 e. The van der Waals surface area contributed by atoms with Gasteiger partial charge in [0.2, 0.25) is 8.32 Å². The number of hydrogen-bond donors (Lipinski definition) is 1. The molecule has 0 aliphatic rings. The number of aliphatic hydroxyl groups excluding tert-OH is 1. The molecule has 1 aromatic rings. The molecule has 0 heterocycles. The molecule has 0 bridgehead atoms. The van der Waals surface area contributed by atoms with Crippen molar-refractivity contribution in [2.45, 2.75) is 71.0 Å². The van der Waals surface area contributed by atoms with Gasteiger partial charge in [0.25, 0.3) is 0 Å². The molecule has 0 amide bonds. The van der Waals surface area contributed by atoms with Gasteiger partial charge in [-0.15, -0.1) is 0 Å². The summed E-state index contributed by atoms with van der Waals surface area (Å²) in [5.74, 6) is 0.983. The molecule has 0 saturated heterocycles. The molecule has 21 heavy (non-hydrogen) atoms. The fraction of sp³-hybridized carbons (Fsp3) is 0.667. The predicted octanol–water partition coefficient (Wildman–Crippen LogP) is 5.12. The topological polar surface area (TPSA) is 29.5 Å². The Labute approximate surface area is 131 Å². The molecule has 2 nitrogen and oxygen atoms in total. The van der Waals surface area contributed by atoms with Crippen molar-refractivity contribution in [2.24, 2.45) is 0 Å². The third kappa shape index (κ3) is 4.85. The Kier molecular flexibility index (Phi) is 5.67. The highest BCUT2D eigenvalue weighted by molar-refractivity contribution is 6.74. The lowest BCUT2D eigenvalue weighted by atomic mass is 9.80. The van der Waals surface area contributed by atoms with Crippen LogP contribution in [0.15, 0.2) is 24.3 Å². The fourth-order valence-electron chi connectivity index (χ4n) is 2.09. The van der Waals surface area contributed by atoms with E-state index >= 15 is 0 Å². The molecular weight excluding hydrogens is 276 g/mol. The second-order valence-electron chi connectivity index (χ2n) is 8.10. The van der Waals surface area contributed by atoms with Gasteiger partial charge in [0, 0.05) is 6.61 Å². The predicted molar refractivity (Wildman–Crippen MR) is 93.6 cm³/mol. The van der Waals surface area contributed by atoms with Gasteiger partial charge in [-0.25, -0.2) is 0 Å². The van der Waals surface area contributed by atoms with E-state index in [0.717, 1.165) is 18.6 Å². The maximum Gasteiger partial charge on any atom is 0.250 e. The minimum absolute atomic E-state index is 0.0650. The van der Waals surface area contributed by atoms with Gasteiger partial charge < -0.3 is 9.53 Å². The number of benzene rings is 1. The monoisotopic (exact) mass is 308 g/mol. The molecule has 1 N–H and O–H groups in total. The average Bonchev–Trinajstić information content (AvgIpc) is 2.35. The largest absolute Gasteiger partial charge is 0.543 e. The zero-order valence-electron chi connectivity index (χ0n) is 14.8. The fourth-order valence-corrected chi connectivity index (χ4v) is 3.12. The molecule has 0 aliphatic carbocycles.